The predicted octanol–water partition coefficient (Wildman–Crippen LogP) is 3.20. The summed E-state index contributed by atoms with van der Waals surface area (Å²) in [6.07, 6.45) is 4.12. The lowest BCUT2D eigenvalue weighted by atomic mass is 10.1. The van der Waals surface area contributed by atoms with Gasteiger partial charge in [0, 0.05) is 16.7 Å². The van der Waals surface area contributed by atoms with E-state index >= 15 is 0 Å². The van der Waals surface area contributed by atoms with Crippen LogP contribution in [0.1, 0.15) is 23.2 Å². The molecule has 1 aromatic carbocycles. The first-order valence-electron chi connectivity index (χ1n) is 6.20. The molecule has 0 saturated heterocycles. The van der Waals surface area contributed by atoms with E-state index in [2.05, 4.69) is 56.6 Å². The van der Waals surface area contributed by atoms with E-state index in [0.29, 0.717) is 0 Å². The molecule has 0 bridgehead atoms. The molecule has 1 heterocycles. The van der Waals surface area contributed by atoms with E-state index in [1.54, 1.807) is 0 Å². The number of hydrogen-bond donors (Lipinski definition) is 2. The van der Waals surface area contributed by atoms with Gasteiger partial charge in [-0.3, -0.25) is 5.10 Å². The molecule has 0 spiro atoms. The fourth-order valence-electron chi connectivity index (χ4n) is 1.90. The highest BCUT2D eigenvalue weighted by molar-refractivity contribution is 9.10. The predicted molar refractivity (Wildman–Crippen MR) is 77.5 cm³/mol. The van der Waals surface area contributed by atoms with Crippen LogP contribution in [-0.4, -0.2) is 16.7 Å². The van der Waals surface area contributed by atoms with Crippen LogP contribution in [0.2, 0.25) is 0 Å². The molecule has 2 N–H and O–H groups in total. The molecule has 0 aliphatic heterocycles. The van der Waals surface area contributed by atoms with E-state index in [0.717, 1.165) is 25.9 Å². The summed E-state index contributed by atoms with van der Waals surface area (Å²) in [5.74, 6) is 0. The fourth-order valence-corrected chi connectivity index (χ4v) is 2.32. The molecule has 0 atom stereocenters. The summed E-state index contributed by atoms with van der Waals surface area (Å²) in [5, 5.41) is 10.5. The molecule has 18 heavy (non-hydrogen) atoms. The van der Waals surface area contributed by atoms with Crippen LogP contribution in [0.5, 0.6) is 0 Å². The maximum Gasteiger partial charge on any atom is 0.0522 e. The monoisotopic (exact) mass is 307 g/mol. The number of halogens is 1. The van der Waals surface area contributed by atoms with Crippen molar-refractivity contribution in [3.05, 3.63) is 51.8 Å². The van der Waals surface area contributed by atoms with Gasteiger partial charge in [0.15, 0.2) is 0 Å². The van der Waals surface area contributed by atoms with Crippen LogP contribution in [0.3, 0.4) is 0 Å². The molecule has 0 aliphatic rings. The number of aromatic amines is 1. The van der Waals surface area contributed by atoms with Crippen LogP contribution in [0.4, 0.5) is 0 Å². The Bertz CT molecular complexity index is 493. The van der Waals surface area contributed by atoms with Crippen LogP contribution in [0, 0.1) is 6.92 Å². The van der Waals surface area contributed by atoms with E-state index in [1.807, 2.05) is 12.3 Å². The van der Waals surface area contributed by atoms with Crippen molar-refractivity contribution >= 4 is 15.9 Å². The molecule has 0 fully saturated rings. The number of rotatable bonds is 6. The third-order valence-corrected chi connectivity index (χ3v) is 3.78. The van der Waals surface area contributed by atoms with Crippen LogP contribution in [0.25, 0.3) is 0 Å². The second kappa shape index (κ2) is 6.71. The Labute approximate surface area is 116 Å². The molecule has 1 aromatic heterocycles. The van der Waals surface area contributed by atoms with Crippen LogP contribution >= 0.6 is 15.9 Å². The van der Waals surface area contributed by atoms with Crippen molar-refractivity contribution in [3.8, 4) is 0 Å². The zero-order chi connectivity index (χ0) is 12.8. The van der Waals surface area contributed by atoms with Crippen molar-refractivity contribution in [1.29, 1.82) is 0 Å². The normalized spacial score (nSPS) is 10.8. The second-order valence-corrected chi connectivity index (χ2v) is 5.25. The number of benzene rings is 1. The molecule has 4 heteroatoms. The minimum atomic E-state index is 0.909. The van der Waals surface area contributed by atoms with Gasteiger partial charge in [0.05, 0.1) is 6.20 Å². The first-order valence-corrected chi connectivity index (χ1v) is 6.99. The molecule has 0 radical (unpaired) electrons. The summed E-state index contributed by atoms with van der Waals surface area (Å²) in [6, 6.07) is 8.31. The SMILES string of the molecule is Cc1[nH]ncc1CCCNCc1ccccc1Br. The lowest BCUT2D eigenvalue weighted by molar-refractivity contribution is 0.647. The Morgan fingerprint density at radius 2 is 2.11 bits per heavy atom. The minimum Gasteiger partial charge on any atom is -0.313 e. The molecular formula is C14H18BrN3. The van der Waals surface area contributed by atoms with Gasteiger partial charge in [-0.1, -0.05) is 34.1 Å². The smallest absolute Gasteiger partial charge is 0.0522 e. The van der Waals surface area contributed by atoms with Crippen LogP contribution in [0.15, 0.2) is 34.9 Å². The van der Waals surface area contributed by atoms with Crippen LogP contribution in [-0.2, 0) is 13.0 Å². The van der Waals surface area contributed by atoms with E-state index in [-0.39, 0.29) is 0 Å². The summed E-state index contributed by atoms with van der Waals surface area (Å²) in [7, 11) is 0. The minimum absolute atomic E-state index is 0.909. The Hall–Kier alpha value is -1.13. The Kier molecular flexibility index (Phi) is 4.96. The number of nitrogens with zero attached hydrogens (tertiary/aromatic N) is 1. The number of aryl methyl sites for hydroxylation is 2. The van der Waals surface area contributed by atoms with E-state index in [4.69, 9.17) is 0 Å². The van der Waals surface area contributed by atoms with Gasteiger partial charge >= 0.3 is 0 Å². The molecule has 2 aromatic rings. The zero-order valence-corrected chi connectivity index (χ0v) is 12.1. The first kappa shape index (κ1) is 13.3. The molecule has 0 aliphatic carbocycles. The fraction of sp³-hybridized carbons (Fsp3) is 0.357. The molecule has 2 rings (SSSR count). The topological polar surface area (TPSA) is 40.7 Å². The Morgan fingerprint density at radius 1 is 1.28 bits per heavy atom. The van der Waals surface area contributed by atoms with Crippen molar-refractivity contribution in [2.45, 2.75) is 26.3 Å². The number of aromatic nitrogens is 2. The van der Waals surface area contributed by atoms with E-state index in [9.17, 15) is 0 Å². The van der Waals surface area contributed by atoms with Crippen molar-refractivity contribution < 1.29 is 0 Å². The second-order valence-electron chi connectivity index (χ2n) is 4.39. The molecule has 3 nitrogen and oxygen atoms in total. The maximum absolute atomic E-state index is 4.03. The lowest BCUT2D eigenvalue weighted by Gasteiger charge is -2.06. The standard InChI is InChI=1S/C14H18BrN3/c1-11-12(10-17-18-11)6-4-8-16-9-13-5-2-3-7-14(13)15/h2-3,5,7,10,16H,4,6,8-9H2,1H3,(H,17,18). The average molecular weight is 308 g/mol. The zero-order valence-electron chi connectivity index (χ0n) is 10.5. The quantitative estimate of drug-likeness (QED) is 0.805. The van der Waals surface area contributed by atoms with Gasteiger partial charge in [-0.05, 0) is 43.5 Å². The highest BCUT2D eigenvalue weighted by atomic mass is 79.9. The van der Waals surface area contributed by atoms with Gasteiger partial charge in [-0.15, -0.1) is 0 Å². The van der Waals surface area contributed by atoms with Gasteiger partial charge in [0.2, 0.25) is 0 Å². The average Bonchev–Trinajstić information content (AvgIpc) is 2.77. The highest BCUT2D eigenvalue weighted by Gasteiger charge is 2.00. The van der Waals surface area contributed by atoms with E-state index in [1.165, 1.54) is 21.3 Å². The third kappa shape index (κ3) is 3.68. The summed E-state index contributed by atoms with van der Waals surface area (Å²) >= 11 is 3.55. The van der Waals surface area contributed by atoms with Gasteiger partial charge in [0.1, 0.15) is 0 Å². The number of nitrogens with one attached hydrogen (secondary N) is 2. The first-order chi connectivity index (χ1) is 8.77. The Balaban J connectivity index is 1.68. The van der Waals surface area contributed by atoms with Gasteiger partial charge in [-0.25, -0.2) is 0 Å². The summed E-state index contributed by atoms with van der Waals surface area (Å²) in [5.41, 5.74) is 3.80. The molecule has 0 saturated carbocycles. The summed E-state index contributed by atoms with van der Waals surface area (Å²) in [6.45, 7) is 3.99. The largest absolute Gasteiger partial charge is 0.313 e. The lowest BCUT2D eigenvalue weighted by Crippen LogP contribution is -2.15. The molecule has 96 valence electrons. The van der Waals surface area contributed by atoms with Gasteiger partial charge < -0.3 is 5.32 Å². The van der Waals surface area contributed by atoms with Gasteiger partial charge in [0.25, 0.3) is 0 Å². The third-order valence-electron chi connectivity index (χ3n) is 3.01. The number of hydrogen-bond acceptors (Lipinski definition) is 2. The summed E-state index contributed by atoms with van der Waals surface area (Å²) in [4.78, 5) is 0. The van der Waals surface area contributed by atoms with E-state index < -0.39 is 0 Å². The summed E-state index contributed by atoms with van der Waals surface area (Å²) < 4.78 is 1.17. The van der Waals surface area contributed by atoms with Crippen molar-refractivity contribution in [2.75, 3.05) is 6.54 Å². The van der Waals surface area contributed by atoms with Crippen molar-refractivity contribution in [3.63, 3.8) is 0 Å². The van der Waals surface area contributed by atoms with Crippen molar-refractivity contribution in [2.24, 2.45) is 0 Å². The maximum atomic E-state index is 4.03. The van der Waals surface area contributed by atoms with Crippen LogP contribution < -0.4 is 5.32 Å². The van der Waals surface area contributed by atoms with Crippen molar-refractivity contribution in [1.82, 2.24) is 15.5 Å². The Morgan fingerprint density at radius 3 is 2.83 bits per heavy atom. The highest BCUT2D eigenvalue weighted by Crippen LogP contribution is 2.15. The molecule has 0 unspecified atom stereocenters. The number of H-pyrrole nitrogens is 1. The van der Waals surface area contributed by atoms with Gasteiger partial charge in [-0.2, -0.15) is 5.10 Å². The molecule has 0 amide bonds. The molecular weight excluding hydrogens is 290 g/mol.